The molecule has 0 saturated heterocycles. The van der Waals surface area contributed by atoms with Crippen LogP contribution < -0.4 is 10.1 Å². The molecule has 1 heterocycles. The van der Waals surface area contributed by atoms with Crippen molar-refractivity contribution in [3.63, 3.8) is 0 Å². The Hall–Kier alpha value is -2.51. The van der Waals surface area contributed by atoms with Crippen molar-refractivity contribution in [2.24, 2.45) is 0 Å². The molecule has 7 heteroatoms. The molecule has 0 radical (unpaired) electrons. The molecule has 1 aromatic heterocycles. The van der Waals surface area contributed by atoms with Gasteiger partial charge in [-0.3, -0.25) is 9.78 Å². The van der Waals surface area contributed by atoms with Crippen LogP contribution in [-0.2, 0) is 9.53 Å². The number of carbonyl (C=O) groups excluding carboxylic acids is 1. The summed E-state index contributed by atoms with van der Waals surface area (Å²) in [5.41, 5.74) is 0.628. The molecule has 26 heavy (non-hydrogen) atoms. The van der Waals surface area contributed by atoms with Crippen LogP contribution in [0.2, 0.25) is 0 Å². The van der Waals surface area contributed by atoms with Gasteiger partial charge >= 0.3 is 0 Å². The Balaban J connectivity index is 1.97. The summed E-state index contributed by atoms with van der Waals surface area (Å²) in [6.07, 6.45) is 0.0787. The fourth-order valence-corrected chi connectivity index (χ4v) is 2.41. The minimum Gasteiger partial charge on any atom is -0.489 e. The molecule has 0 fully saturated rings. The van der Waals surface area contributed by atoms with Crippen molar-refractivity contribution in [3.8, 4) is 5.75 Å². The Morgan fingerprint density at radius 3 is 2.77 bits per heavy atom. The van der Waals surface area contributed by atoms with Crippen molar-refractivity contribution in [2.45, 2.75) is 18.9 Å². The number of nitrogens with zero attached hydrogens (tertiary/aromatic N) is 1. The topological polar surface area (TPSA) is 80.7 Å². The van der Waals surface area contributed by atoms with E-state index >= 15 is 0 Å². The van der Waals surface area contributed by atoms with Crippen LogP contribution in [0.15, 0.2) is 42.6 Å². The van der Waals surface area contributed by atoms with Crippen LogP contribution >= 0.6 is 0 Å². The SMILES string of the molecule is COCCOc1cccnc1C(C)CNC(=O)C(O)c1ccccc1F. The molecule has 0 aliphatic rings. The number of nitrogens with one attached hydrogen (secondary N) is 1. The molecule has 0 spiro atoms. The lowest BCUT2D eigenvalue weighted by Crippen LogP contribution is -2.32. The Morgan fingerprint density at radius 2 is 2.04 bits per heavy atom. The molecule has 2 rings (SSSR count). The van der Waals surface area contributed by atoms with Gasteiger partial charge < -0.3 is 19.9 Å². The van der Waals surface area contributed by atoms with E-state index in [2.05, 4.69) is 10.3 Å². The maximum atomic E-state index is 13.7. The van der Waals surface area contributed by atoms with Crippen molar-refractivity contribution in [1.82, 2.24) is 10.3 Å². The summed E-state index contributed by atoms with van der Waals surface area (Å²) in [5.74, 6) is -0.840. The highest BCUT2D eigenvalue weighted by Gasteiger charge is 2.22. The van der Waals surface area contributed by atoms with Crippen LogP contribution in [0.25, 0.3) is 0 Å². The van der Waals surface area contributed by atoms with Crippen molar-refractivity contribution in [3.05, 3.63) is 59.7 Å². The van der Waals surface area contributed by atoms with E-state index in [4.69, 9.17) is 9.47 Å². The van der Waals surface area contributed by atoms with E-state index in [0.717, 1.165) is 0 Å². The molecule has 6 nitrogen and oxygen atoms in total. The zero-order valence-corrected chi connectivity index (χ0v) is 14.8. The first-order chi connectivity index (χ1) is 12.5. The van der Waals surface area contributed by atoms with Crippen LogP contribution in [0.3, 0.4) is 0 Å². The second-order valence-electron chi connectivity index (χ2n) is 5.80. The Bertz CT molecular complexity index is 726. The van der Waals surface area contributed by atoms with Gasteiger partial charge in [-0.2, -0.15) is 0 Å². The number of pyridine rings is 1. The largest absolute Gasteiger partial charge is 0.489 e. The molecule has 2 unspecified atom stereocenters. The molecule has 1 amide bonds. The van der Waals surface area contributed by atoms with Gasteiger partial charge in [0.25, 0.3) is 5.91 Å². The Kier molecular flexibility index (Phi) is 7.50. The average molecular weight is 362 g/mol. The van der Waals surface area contributed by atoms with E-state index in [1.54, 1.807) is 31.5 Å². The quantitative estimate of drug-likeness (QED) is 0.669. The minimum atomic E-state index is -1.57. The molecule has 2 atom stereocenters. The number of aromatic nitrogens is 1. The van der Waals surface area contributed by atoms with E-state index < -0.39 is 17.8 Å². The van der Waals surface area contributed by atoms with Gasteiger partial charge in [0, 0.05) is 31.3 Å². The van der Waals surface area contributed by atoms with Crippen molar-refractivity contribution >= 4 is 5.91 Å². The summed E-state index contributed by atoms with van der Waals surface area (Å²) in [4.78, 5) is 16.4. The molecule has 2 N–H and O–H groups in total. The number of ether oxygens (including phenoxy) is 2. The summed E-state index contributed by atoms with van der Waals surface area (Å²) in [5, 5.41) is 12.7. The summed E-state index contributed by atoms with van der Waals surface area (Å²) in [7, 11) is 1.59. The maximum absolute atomic E-state index is 13.7. The first-order valence-electron chi connectivity index (χ1n) is 8.31. The van der Waals surface area contributed by atoms with Crippen LogP contribution in [-0.4, -0.2) is 42.9 Å². The number of aliphatic hydroxyl groups is 1. The number of halogens is 1. The first kappa shape index (κ1) is 19.8. The molecule has 0 saturated carbocycles. The Labute approximate surface area is 152 Å². The predicted octanol–water partition coefficient (Wildman–Crippen LogP) is 2.20. The number of rotatable bonds is 9. The third-order valence-corrected chi connectivity index (χ3v) is 3.84. The van der Waals surface area contributed by atoms with Crippen molar-refractivity contribution < 1.29 is 23.8 Å². The van der Waals surface area contributed by atoms with Gasteiger partial charge in [0.05, 0.1) is 12.3 Å². The summed E-state index contributed by atoms with van der Waals surface area (Å²) in [6.45, 7) is 2.94. The smallest absolute Gasteiger partial charge is 0.253 e. The lowest BCUT2D eigenvalue weighted by atomic mass is 10.1. The summed E-state index contributed by atoms with van der Waals surface area (Å²) >= 11 is 0. The zero-order valence-electron chi connectivity index (χ0n) is 14.8. The molecular formula is C19H23FN2O4. The van der Waals surface area contributed by atoms with Gasteiger partial charge in [-0.15, -0.1) is 0 Å². The van der Waals surface area contributed by atoms with Crippen LogP contribution in [0.4, 0.5) is 4.39 Å². The van der Waals surface area contributed by atoms with E-state index in [-0.39, 0.29) is 18.0 Å². The van der Waals surface area contributed by atoms with E-state index in [1.165, 1.54) is 18.2 Å². The normalized spacial score (nSPS) is 13.1. The molecule has 1 aromatic carbocycles. The molecule has 0 bridgehead atoms. The molecule has 0 aliphatic heterocycles. The van der Waals surface area contributed by atoms with Crippen LogP contribution in [0.5, 0.6) is 5.75 Å². The van der Waals surface area contributed by atoms with Gasteiger partial charge in [-0.1, -0.05) is 25.1 Å². The van der Waals surface area contributed by atoms with Gasteiger partial charge in [-0.05, 0) is 18.2 Å². The third kappa shape index (κ3) is 5.24. The van der Waals surface area contributed by atoms with Gasteiger partial charge in [0.1, 0.15) is 18.2 Å². The second-order valence-corrected chi connectivity index (χ2v) is 5.80. The van der Waals surface area contributed by atoms with E-state index in [9.17, 15) is 14.3 Å². The number of benzene rings is 1. The summed E-state index contributed by atoms with van der Waals surface area (Å²) < 4.78 is 24.3. The number of aliphatic hydroxyl groups excluding tert-OH is 1. The number of methoxy groups -OCH3 is 1. The molecular weight excluding hydrogens is 339 g/mol. The highest BCUT2D eigenvalue weighted by molar-refractivity contribution is 5.82. The standard InChI is InChI=1S/C19H23FN2O4/c1-13(17-16(8-5-9-21-17)26-11-10-25-2)12-22-19(24)18(23)14-6-3-4-7-15(14)20/h3-9,13,18,23H,10-12H2,1-2H3,(H,22,24). The van der Waals surface area contributed by atoms with Gasteiger partial charge in [0.15, 0.2) is 6.10 Å². The molecule has 2 aromatic rings. The van der Waals surface area contributed by atoms with Crippen LogP contribution in [0, 0.1) is 5.82 Å². The molecule has 140 valence electrons. The number of hydrogen-bond donors (Lipinski definition) is 2. The molecule has 0 aliphatic carbocycles. The lowest BCUT2D eigenvalue weighted by molar-refractivity contribution is -0.129. The fourth-order valence-electron chi connectivity index (χ4n) is 2.41. The van der Waals surface area contributed by atoms with E-state index in [1.807, 2.05) is 6.92 Å². The zero-order chi connectivity index (χ0) is 18.9. The summed E-state index contributed by atoms with van der Waals surface area (Å²) in [6, 6.07) is 9.20. The predicted molar refractivity (Wildman–Crippen MR) is 94.4 cm³/mol. The van der Waals surface area contributed by atoms with Gasteiger partial charge in [-0.25, -0.2) is 4.39 Å². The monoisotopic (exact) mass is 362 g/mol. The fraction of sp³-hybridized carbons (Fsp3) is 0.368. The van der Waals surface area contributed by atoms with Crippen molar-refractivity contribution in [2.75, 3.05) is 26.9 Å². The van der Waals surface area contributed by atoms with Crippen molar-refractivity contribution in [1.29, 1.82) is 0 Å². The maximum Gasteiger partial charge on any atom is 0.253 e. The van der Waals surface area contributed by atoms with E-state index in [0.29, 0.717) is 24.7 Å². The van der Waals surface area contributed by atoms with Crippen LogP contribution in [0.1, 0.15) is 30.2 Å². The minimum absolute atomic E-state index is 0.0564. The third-order valence-electron chi connectivity index (χ3n) is 3.84. The highest BCUT2D eigenvalue weighted by Crippen LogP contribution is 2.24. The number of amides is 1. The number of hydrogen-bond acceptors (Lipinski definition) is 5. The second kappa shape index (κ2) is 9.84. The highest BCUT2D eigenvalue weighted by atomic mass is 19.1. The Morgan fingerprint density at radius 1 is 1.27 bits per heavy atom. The lowest BCUT2D eigenvalue weighted by Gasteiger charge is -2.18. The van der Waals surface area contributed by atoms with Gasteiger partial charge in [0.2, 0.25) is 0 Å². The first-order valence-corrected chi connectivity index (χ1v) is 8.31. The number of carbonyl (C=O) groups is 1. The average Bonchev–Trinajstić information content (AvgIpc) is 2.66.